The van der Waals surface area contributed by atoms with Crippen LogP contribution in [-0.4, -0.2) is 10.3 Å². The second kappa shape index (κ2) is 4.84. The Morgan fingerprint density at radius 2 is 2.00 bits per heavy atom. The molecule has 0 aliphatic carbocycles. The van der Waals surface area contributed by atoms with E-state index >= 15 is 0 Å². The standard InChI is InChI=1S/K.HNO3.H/c;2-1(3)4;/h;(H,2,3,4);/q+1;;-1. The molecule has 4 nitrogen and oxygen atoms in total. The molecule has 0 heterocycles. The molecule has 5 heteroatoms. The van der Waals surface area contributed by atoms with Gasteiger partial charge in [0, 0.05) is 0 Å². The van der Waals surface area contributed by atoms with Crippen molar-refractivity contribution >= 4 is 0 Å². The zero-order chi connectivity index (χ0) is 3.58. The van der Waals surface area contributed by atoms with Gasteiger partial charge >= 0.3 is 51.4 Å². The molecule has 0 spiro atoms. The summed E-state index contributed by atoms with van der Waals surface area (Å²) in [7, 11) is 0. The fraction of sp³-hybridized carbons (Fsp3) is 0. The zero-order valence-electron chi connectivity index (χ0n) is 3.71. The number of hydrogen-bond donors (Lipinski definition) is 1. The van der Waals surface area contributed by atoms with Gasteiger partial charge in [0.2, 0.25) is 0 Å². The van der Waals surface area contributed by atoms with Gasteiger partial charge in [0.1, 0.15) is 0 Å². The summed E-state index contributed by atoms with van der Waals surface area (Å²) in [6, 6.07) is 0. The summed E-state index contributed by atoms with van der Waals surface area (Å²) >= 11 is 0. The van der Waals surface area contributed by atoms with E-state index in [0.717, 1.165) is 0 Å². The quantitative estimate of drug-likeness (QED) is 0.199. The first-order valence-corrected chi connectivity index (χ1v) is 0.565. The van der Waals surface area contributed by atoms with Crippen molar-refractivity contribution in [3.8, 4) is 0 Å². The van der Waals surface area contributed by atoms with Crippen molar-refractivity contribution in [3.05, 3.63) is 10.1 Å². The molecular formula is H2KNO3. The van der Waals surface area contributed by atoms with Crippen molar-refractivity contribution in [2.75, 3.05) is 0 Å². The summed E-state index contributed by atoms with van der Waals surface area (Å²) in [5.74, 6) is 0. The van der Waals surface area contributed by atoms with Crippen molar-refractivity contribution < 1.29 is 63.1 Å². The topological polar surface area (TPSA) is 63.4 Å². The third kappa shape index (κ3) is 55.6. The Kier molecular flexibility index (Phi) is 8.97. The van der Waals surface area contributed by atoms with Crippen LogP contribution in [0.15, 0.2) is 0 Å². The molecule has 0 aliphatic heterocycles. The van der Waals surface area contributed by atoms with E-state index in [0.29, 0.717) is 0 Å². The van der Waals surface area contributed by atoms with Gasteiger partial charge in [0.25, 0.3) is 5.09 Å². The van der Waals surface area contributed by atoms with Gasteiger partial charge in [-0.15, -0.1) is 10.1 Å². The molecular weight excluding hydrogens is 101 g/mol. The molecule has 0 bridgehead atoms. The van der Waals surface area contributed by atoms with Crippen molar-refractivity contribution in [1.29, 1.82) is 0 Å². The maximum Gasteiger partial charge on any atom is 1.00 e. The molecule has 0 atom stereocenters. The van der Waals surface area contributed by atoms with E-state index in [2.05, 4.69) is 0 Å². The Hall–Kier alpha value is 0.836. The minimum Gasteiger partial charge on any atom is -1.00 e. The third-order valence-electron chi connectivity index (χ3n) is 0. The zero-order valence-corrected chi connectivity index (χ0v) is 5.83. The first-order valence-electron chi connectivity index (χ1n) is 0.565. The van der Waals surface area contributed by atoms with Gasteiger partial charge in [-0.1, -0.05) is 0 Å². The van der Waals surface area contributed by atoms with Gasteiger partial charge in [0.05, 0.1) is 0 Å². The first kappa shape index (κ1) is 9.28. The average Bonchev–Trinajstić information content (AvgIpc) is 0.811. The molecule has 0 radical (unpaired) electrons. The van der Waals surface area contributed by atoms with Crippen LogP contribution < -0.4 is 51.4 Å². The van der Waals surface area contributed by atoms with Gasteiger partial charge in [-0.2, -0.15) is 0 Å². The van der Waals surface area contributed by atoms with Gasteiger partial charge < -0.3 is 6.63 Å². The molecule has 0 saturated heterocycles. The summed E-state index contributed by atoms with van der Waals surface area (Å²) in [4.78, 5) is 8.36. The Morgan fingerprint density at radius 3 is 2.00 bits per heavy atom. The van der Waals surface area contributed by atoms with E-state index in [-0.39, 0.29) is 52.8 Å². The minimum absolute atomic E-state index is 0. The molecule has 5 heavy (non-hydrogen) atoms. The number of rotatable bonds is 0. The molecule has 0 rings (SSSR count). The van der Waals surface area contributed by atoms with Crippen LogP contribution in [-0.2, 0) is 0 Å². The van der Waals surface area contributed by atoms with Crippen LogP contribution in [0.3, 0.4) is 0 Å². The maximum absolute atomic E-state index is 8.36. The summed E-state index contributed by atoms with van der Waals surface area (Å²) in [6.45, 7) is 0. The monoisotopic (exact) mass is 103 g/mol. The van der Waals surface area contributed by atoms with Crippen molar-refractivity contribution in [1.82, 2.24) is 0 Å². The molecule has 0 aromatic rings. The normalized spacial score (nSPS) is 4.80. The van der Waals surface area contributed by atoms with Gasteiger partial charge in [-0.05, 0) is 0 Å². The SMILES string of the molecule is O=[N+]([O-])O.[H-].[K+]. The first-order chi connectivity index (χ1) is 1.73. The van der Waals surface area contributed by atoms with E-state index in [1.807, 2.05) is 0 Å². The van der Waals surface area contributed by atoms with Crippen LogP contribution in [0.4, 0.5) is 0 Å². The number of hydrogen-bond acceptors (Lipinski definition) is 2. The second-order valence-corrected chi connectivity index (χ2v) is 0.238. The van der Waals surface area contributed by atoms with E-state index in [9.17, 15) is 0 Å². The van der Waals surface area contributed by atoms with Crippen LogP contribution in [0.25, 0.3) is 0 Å². The van der Waals surface area contributed by atoms with E-state index in [1.54, 1.807) is 0 Å². The summed E-state index contributed by atoms with van der Waals surface area (Å²) < 4.78 is 0. The Morgan fingerprint density at radius 1 is 2.00 bits per heavy atom. The Bertz CT molecular complexity index is 33.8. The van der Waals surface area contributed by atoms with Gasteiger partial charge in [-0.25, -0.2) is 0 Å². The molecule has 0 aromatic heterocycles. The predicted molar refractivity (Wildman–Crippen MR) is 9.89 cm³/mol. The molecule has 0 aliphatic rings. The Labute approximate surface area is 72.2 Å². The largest absolute Gasteiger partial charge is 1.00 e. The van der Waals surface area contributed by atoms with Crippen LogP contribution in [0.2, 0.25) is 0 Å². The summed E-state index contributed by atoms with van der Waals surface area (Å²) in [6.07, 6.45) is 0. The number of nitrogens with zero attached hydrogens (tertiary/aromatic N) is 1. The minimum atomic E-state index is -1.50. The van der Waals surface area contributed by atoms with Crippen molar-refractivity contribution in [3.63, 3.8) is 0 Å². The van der Waals surface area contributed by atoms with Gasteiger partial charge in [0.15, 0.2) is 0 Å². The fourth-order valence-corrected chi connectivity index (χ4v) is 0. The molecule has 0 aromatic carbocycles. The van der Waals surface area contributed by atoms with Crippen LogP contribution in [0, 0.1) is 10.1 Å². The molecule has 0 unspecified atom stereocenters. The predicted octanol–water partition coefficient (Wildman–Crippen LogP) is -3.23. The summed E-state index contributed by atoms with van der Waals surface area (Å²) in [5, 5.41) is 13.6. The smallest absolute Gasteiger partial charge is 1.00 e. The molecule has 26 valence electrons. The van der Waals surface area contributed by atoms with E-state index < -0.39 is 5.09 Å². The molecule has 0 fully saturated rings. The maximum atomic E-state index is 8.36. The van der Waals surface area contributed by atoms with Gasteiger partial charge in [-0.3, -0.25) is 0 Å². The Balaban J connectivity index is -0.0000000450. The third-order valence-corrected chi connectivity index (χ3v) is 0. The van der Waals surface area contributed by atoms with Crippen LogP contribution >= 0.6 is 0 Å². The van der Waals surface area contributed by atoms with Crippen molar-refractivity contribution in [2.45, 2.75) is 0 Å². The van der Waals surface area contributed by atoms with E-state index in [1.165, 1.54) is 0 Å². The average molecular weight is 103 g/mol. The second-order valence-electron chi connectivity index (χ2n) is 0.238. The molecule has 0 saturated carbocycles. The van der Waals surface area contributed by atoms with E-state index in [4.69, 9.17) is 15.3 Å². The molecule has 1 N–H and O–H groups in total. The van der Waals surface area contributed by atoms with Crippen molar-refractivity contribution in [2.24, 2.45) is 0 Å². The summed E-state index contributed by atoms with van der Waals surface area (Å²) in [5.41, 5.74) is 0. The van der Waals surface area contributed by atoms with Crippen LogP contribution in [0.5, 0.6) is 0 Å². The fourth-order valence-electron chi connectivity index (χ4n) is 0. The van der Waals surface area contributed by atoms with Crippen LogP contribution in [0.1, 0.15) is 1.43 Å². The molecule has 0 amide bonds.